The second-order valence-electron chi connectivity index (χ2n) is 4.98. The molecular weight excluding hydrogens is 212 g/mol. The van der Waals surface area contributed by atoms with E-state index in [1.807, 2.05) is 18.5 Å². The van der Waals surface area contributed by atoms with Gasteiger partial charge in [-0.25, -0.2) is 0 Å². The molecule has 0 bridgehead atoms. The molecule has 0 atom stereocenters. The van der Waals surface area contributed by atoms with Crippen molar-refractivity contribution in [1.29, 1.82) is 0 Å². The van der Waals surface area contributed by atoms with E-state index in [2.05, 4.69) is 10.3 Å². The van der Waals surface area contributed by atoms with Crippen molar-refractivity contribution in [3.05, 3.63) is 24.0 Å². The number of H-pyrrole nitrogens is 1. The fourth-order valence-electron chi connectivity index (χ4n) is 2.52. The van der Waals surface area contributed by atoms with Gasteiger partial charge in [0.1, 0.15) is 0 Å². The van der Waals surface area contributed by atoms with Gasteiger partial charge in [0.05, 0.1) is 0 Å². The van der Waals surface area contributed by atoms with Crippen molar-refractivity contribution in [2.45, 2.75) is 51.5 Å². The van der Waals surface area contributed by atoms with Crippen LogP contribution >= 0.6 is 0 Å². The average molecular weight is 234 g/mol. The fourth-order valence-corrected chi connectivity index (χ4v) is 2.52. The number of hydrogen-bond acceptors (Lipinski definition) is 1. The Hall–Kier alpha value is -1.25. The van der Waals surface area contributed by atoms with Crippen molar-refractivity contribution in [1.82, 2.24) is 10.3 Å². The van der Waals surface area contributed by atoms with E-state index in [4.69, 9.17) is 0 Å². The molecule has 1 fully saturated rings. The Bertz CT molecular complexity index is 324. The van der Waals surface area contributed by atoms with Gasteiger partial charge in [-0.2, -0.15) is 0 Å². The van der Waals surface area contributed by atoms with Crippen LogP contribution in [0.3, 0.4) is 0 Å². The fraction of sp³-hybridized carbons (Fsp3) is 0.643. The van der Waals surface area contributed by atoms with Gasteiger partial charge in [-0.05, 0) is 24.5 Å². The molecule has 1 aliphatic rings. The summed E-state index contributed by atoms with van der Waals surface area (Å²) in [5.74, 6) is 0.488. The van der Waals surface area contributed by atoms with Crippen LogP contribution < -0.4 is 5.32 Å². The Morgan fingerprint density at radius 3 is 2.59 bits per heavy atom. The van der Waals surface area contributed by atoms with E-state index < -0.39 is 0 Å². The highest BCUT2D eigenvalue weighted by molar-refractivity contribution is 5.78. The minimum absolute atomic E-state index is 0.244. The number of aromatic amines is 1. The van der Waals surface area contributed by atoms with Gasteiger partial charge in [-0.1, -0.05) is 32.1 Å². The minimum atomic E-state index is 0.244. The third-order valence-corrected chi connectivity index (χ3v) is 3.61. The molecule has 0 radical (unpaired) electrons. The van der Waals surface area contributed by atoms with Crippen molar-refractivity contribution in [3.8, 4) is 0 Å². The monoisotopic (exact) mass is 234 g/mol. The van der Waals surface area contributed by atoms with E-state index in [0.29, 0.717) is 6.54 Å². The van der Waals surface area contributed by atoms with Crippen LogP contribution in [-0.4, -0.2) is 10.9 Å². The van der Waals surface area contributed by atoms with Gasteiger partial charge in [0.15, 0.2) is 0 Å². The molecule has 2 rings (SSSR count). The van der Waals surface area contributed by atoms with Gasteiger partial charge in [0.25, 0.3) is 0 Å². The van der Waals surface area contributed by atoms with Crippen molar-refractivity contribution in [3.63, 3.8) is 0 Å². The molecule has 0 aliphatic heterocycles. The van der Waals surface area contributed by atoms with E-state index >= 15 is 0 Å². The van der Waals surface area contributed by atoms with Crippen LogP contribution in [0.2, 0.25) is 0 Å². The largest absolute Gasteiger partial charge is 0.367 e. The molecule has 3 heteroatoms. The first-order valence-corrected chi connectivity index (χ1v) is 6.75. The second kappa shape index (κ2) is 6.48. The number of hydrogen-bond donors (Lipinski definition) is 2. The molecule has 0 unspecified atom stereocenters. The van der Waals surface area contributed by atoms with Gasteiger partial charge in [0.2, 0.25) is 5.91 Å². The maximum absolute atomic E-state index is 12.0. The normalized spacial score (nSPS) is 18.4. The van der Waals surface area contributed by atoms with Crippen LogP contribution in [0, 0.1) is 5.92 Å². The molecule has 1 aromatic heterocycles. The van der Waals surface area contributed by atoms with Crippen LogP contribution in [0.15, 0.2) is 18.5 Å². The predicted molar refractivity (Wildman–Crippen MR) is 68.4 cm³/mol. The van der Waals surface area contributed by atoms with Gasteiger partial charge in [-0.3, -0.25) is 4.79 Å². The number of rotatable bonds is 3. The van der Waals surface area contributed by atoms with E-state index in [1.165, 1.54) is 32.1 Å². The molecule has 1 saturated carbocycles. The summed E-state index contributed by atoms with van der Waals surface area (Å²) in [5.41, 5.74) is 1.14. The summed E-state index contributed by atoms with van der Waals surface area (Å²) in [6, 6.07) is 2.00. The Labute approximate surface area is 103 Å². The smallest absolute Gasteiger partial charge is 0.223 e. The first-order valence-electron chi connectivity index (χ1n) is 6.75. The standard InChI is InChI=1S/C14H22N2O/c17-14(16-11-12-8-9-15-10-12)13-6-4-2-1-3-5-7-13/h8-10,13,15H,1-7,11H2,(H,16,17). The summed E-state index contributed by atoms with van der Waals surface area (Å²) in [5, 5.41) is 3.04. The van der Waals surface area contributed by atoms with Crippen LogP contribution in [0.5, 0.6) is 0 Å². The number of carbonyl (C=O) groups excluding carboxylic acids is 1. The third-order valence-electron chi connectivity index (χ3n) is 3.61. The van der Waals surface area contributed by atoms with Crippen LogP contribution in [-0.2, 0) is 11.3 Å². The minimum Gasteiger partial charge on any atom is -0.367 e. The lowest BCUT2D eigenvalue weighted by atomic mass is 9.90. The highest BCUT2D eigenvalue weighted by atomic mass is 16.1. The van der Waals surface area contributed by atoms with Crippen molar-refractivity contribution >= 4 is 5.91 Å². The predicted octanol–water partition coefficient (Wildman–Crippen LogP) is 2.99. The molecule has 0 saturated heterocycles. The summed E-state index contributed by atoms with van der Waals surface area (Å²) in [6.45, 7) is 0.652. The highest BCUT2D eigenvalue weighted by Crippen LogP contribution is 2.22. The lowest BCUT2D eigenvalue weighted by Gasteiger charge is -2.18. The topological polar surface area (TPSA) is 44.9 Å². The number of carbonyl (C=O) groups is 1. The maximum Gasteiger partial charge on any atom is 0.223 e. The van der Waals surface area contributed by atoms with E-state index in [9.17, 15) is 4.79 Å². The summed E-state index contributed by atoms with van der Waals surface area (Å²) in [4.78, 5) is 15.0. The summed E-state index contributed by atoms with van der Waals surface area (Å²) < 4.78 is 0. The SMILES string of the molecule is O=C(NCc1cc[nH]c1)C1CCCCCCC1. The van der Waals surface area contributed by atoms with Crippen LogP contribution in [0.4, 0.5) is 0 Å². The quantitative estimate of drug-likeness (QED) is 0.829. The number of aromatic nitrogens is 1. The molecule has 0 spiro atoms. The van der Waals surface area contributed by atoms with E-state index in [-0.39, 0.29) is 11.8 Å². The average Bonchev–Trinajstić information content (AvgIpc) is 2.78. The zero-order valence-corrected chi connectivity index (χ0v) is 10.4. The molecule has 1 aliphatic carbocycles. The maximum atomic E-state index is 12.0. The zero-order valence-electron chi connectivity index (χ0n) is 10.4. The third kappa shape index (κ3) is 3.91. The lowest BCUT2D eigenvalue weighted by Crippen LogP contribution is -2.30. The molecule has 1 heterocycles. The Balaban J connectivity index is 1.77. The van der Waals surface area contributed by atoms with Crippen molar-refractivity contribution in [2.24, 2.45) is 5.92 Å². The van der Waals surface area contributed by atoms with Gasteiger partial charge >= 0.3 is 0 Å². The molecule has 1 aromatic rings. The second-order valence-corrected chi connectivity index (χ2v) is 4.98. The van der Waals surface area contributed by atoms with Gasteiger partial charge in [-0.15, -0.1) is 0 Å². The first kappa shape index (κ1) is 12.2. The molecule has 94 valence electrons. The van der Waals surface area contributed by atoms with Crippen molar-refractivity contribution in [2.75, 3.05) is 0 Å². The van der Waals surface area contributed by atoms with Crippen LogP contribution in [0.1, 0.15) is 50.5 Å². The summed E-state index contributed by atoms with van der Waals surface area (Å²) in [6.07, 6.45) is 12.3. The Morgan fingerprint density at radius 2 is 1.94 bits per heavy atom. The van der Waals surface area contributed by atoms with E-state index in [1.54, 1.807) is 0 Å². The zero-order chi connectivity index (χ0) is 11.9. The summed E-state index contributed by atoms with van der Waals surface area (Å²) in [7, 11) is 0. The first-order chi connectivity index (χ1) is 8.36. The van der Waals surface area contributed by atoms with Crippen molar-refractivity contribution < 1.29 is 4.79 Å². The Kier molecular flexibility index (Phi) is 4.65. The summed E-state index contributed by atoms with van der Waals surface area (Å²) >= 11 is 0. The van der Waals surface area contributed by atoms with Gasteiger partial charge < -0.3 is 10.3 Å². The van der Waals surface area contributed by atoms with E-state index in [0.717, 1.165) is 18.4 Å². The number of nitrogens with one attached hydrogen (secondary N) is 2. The molecule has 17 heavy (non-hydrogen) atoms. The molecular formula is C14H22N2O. The molecule has 0 aromatic carbocycles. The molecule has 1 amide bonds. The number of amides is 1. The Morgan fingerprint density at radius 1 is 1.24 bits per heavy atom. The molecule has 3 nitrogen and oxygen atoms in total. The molecule has 2 N–H and O–H groups in total. The highest BCUT2D eigenvalue weighted by Gasteiger charge is 2.18. The van der Waals surface area contributed by atoms with Crippen LogP contribution in [0.25, 0.3) is 0 Å². The lowest BCUT2D eigenvalue weighted by molar-refractivity contribution is -0.125. The van der Waals surface area contributed by atoms with Gasteiger partial charge in [0, 0.05) is 24.9 Å².